The van der Waals surface area contributed by atoms with Crippen molar-refractivity contribution >= 4 is 11.6 Å². The molecule has 0 amide bonds. The smallest absolute Gasteiger partial charge is 0.0619 e. The van der Waals surface area contributed by atoms with E-state index in [9.17, 15) is 0 Å². The minimum Gasteiger partial charge on any atom is -0.379 e. The Kier molecular flexibility index (Phi) is 4.20. The standard InChI is InChI=1S/C8H16ClNO/c1-8-7-11-6-5-10(8)4-2-3-9/h8H,2-7H2,1H3/t8-/m1/s1. The van der Waals surface area contributed by atoms with Crippen molar-refractivity contribution in [3.8, 4) is 0 Å². The lowest BCUT2D eigenvalue weighted by molar-refractivity contribution is 0.00000442. The van der Waals surface area contributed by atoms with E-state index in [1.54, 1.807) is 0 Å². The zero-order chi connectivity index (χ0) is 8.10. The van der Waals surface area contributed by atoms with Crippen LogP contribution in [-0.4, -0.2) is 43.1 Å². The van der Waals surface area contributed by atoms with Crippen LogP contribution in [0.1, 0.15) is 13.3 Å². The Hall–Kier alpha value is 0.210. The predicted molar refractivity (Wildman–Crippen MR) is 47.2 cm³/mol. The number of morpholine rings is 1. The lowest BCUT2D eigenvalue weighted by atomic mass is 10.2. The van der Waals surface area contributed by atoms with Crippen molar-refractivity contribution in [2.45, 2.75) is 19.4 Å². The second-order valence-corrected chi connectivity index (χ2v) is 3.38. The van der Waals surface area contributed by atoms with Gasteiger partial charge in [-0.15, -0.1) is 11.6 Å². The van der Waals surface area contributed by atoms with Gasteiger partial charge in [-0.05, 0) is 19.9 Å². The minimum atomic E-state index is 0.576. The molecule has 1 rings (SSSR count). The van der Waals surface area contributed by atoms with Gasteiger partial charge in [-0.2, -0.15) is 0 Å². The average Bonchev–Trinajstić information content (AvgIpc) is 2.03. The first-order valence-corrected chi connectivity index (χ1v) is 4.76. The molecule has 0 N–H and O–H groups in total. The number of nitrogens with zero attached hydrogens (tertiary/aromatic N) is 1. The van der Waals surface area contributed by atoms with Crippen LogP contribution in [0.3, 0.4) is 0 Å². The topological polar surface area (TPSA) is 12.5 Å². The van der Waals surface area contributed by atoms with Gasteiger partial charge in [-0.25, -0.2) is 0 Å². The highest BCUT2D eigenvalue weighted by Gasteiger charge is 2.17. The fourth-order valence-electron chi connectivity index (χ4n) is 1.36. The van der Waals surface area contributed by atoms with Gasteiger partial charge in [0, 0.05) is 18.5 Å². The Balaban J connectivity index is 2.18. The number of ether oxygens (including phenoxy) is 1. The maximum Gasteiger partial charge on any atom is 0.0619 e. The molecule has 0 radical (unpaired) electrons. The van der Waals surface area contributed by atoms with E-state index in [1.807, 2.05) is 0 Å². The quantitative estimate of drug-likeness (QED) is 0.604. The van der Waals surface area contributed by atoms with Crippen LogP contribution in [0.25, 0.3) is 0 Å². The van der Waals surface area contributed by atoms with Crippen LogP contribution >= 0.6 is 11.6 Å². The van der Waals surface area contributed by atoms with Crippen LogP contribution < -0.4 is 0 Å². The molecule has 1 heterocycles. The van der Waals surface area contributed by atoms with Crippen molar-refractivity contribution in [3.63, 3.8) is 0 Å². The normalized spacial score (nSPS) is 27.3. The fourth-order valence-corrected chi connectivity index (χ4v) is 1.48. The van der Waals surface area contributed by atoms with Crippen molar-refractivity contribution in [2.24, 2.45) is 0 Å². The van der Waals surface area contributed by atoms with E-state index < -0.39 is 0 Å². The summed E-state index contributed by atoms with van der Waals surface area (Å²) >= 11 is 5.61. The van der Waals surface area contributed by atoms with Crippen molar-refractivity contribution in [2.75, 3.05) is 32.2 Å². The van der Waals surface area contributed by atoms with Crippen molar-refractivity contribution in [3.05, 3.63) is 0 Å². The Labute approximate surface area is 73.5 Å². The average molecular weight is 178 g/mol. The third kappa shape index (κ3) is 2.97. The molecule has 1 aliphatic heterocycles. The van der Waals surface area contributed by atoms with E-state index in [1.165, 1.54) is 0 Å². The first kappa shape index (κ1) is 9.30. The molecule has 0 bridgehead atoms. The molecule has 0 aromatic rings. The highest BCUT2D eigenvalue weighted by Crippen LogP contribution is 2.06. The molecule has 0 aromatic heterocycles. The summed E-state index contributed by atoms with van der Waals surface area (Å²) in [5.41, 5.74) is 0. The molecule has 1 aliphatic rings. The molecular formula is C8H16ClNO. The third-order valence-corrected chi connectivity index (χ3v) is 2.35. The summed E-state index contributed by atoms with van der Waals surface area (Å²) in [5.74, 6) is 0.768. The van der Waals surface area contributed by atoms with Crippen LogP contribution in [0.15, 0.2) is 0 Å². The summed E-state index contributed by atoms with van der Waals surface area (Å²) in [6, 6.07) is 0.576. The van der Waals surface area contributed by atoms with Gasteiger partial charge in [0.2, 0.25) is 0 Å². The molecule has 66 valence electrons. The number of hydrogen-bond donors (Lipinski definition) is 0. The van der Waals surface area contributed by atoms with Gasteiger partial charge >= 0.3 is 0 Å². The van der Waals surface area contributed by atoms with E-state index in [-0.39, 0.29) is 0 Å². The van der Waals surface area contributed by atoms with E-state index in [2.05, 4.69) is 11.8 Å². The van der Waals surface area contributed by atoms with Gasteiger partial charge in [0.1, 0.15) is 0 Å². The molecule has 2 nitrogen and oxygen atoms in total. The van der Waals surface area contributed by atoms with Crippen LogP contribution in [-0.2, 0) is 4.74 Å². The second kappa shape index (κ2) is 4.96. The monoisotopic (exact) mass is 177 g/mol. The van der Waals surface area contributed by atoms with Gasteiger partial charge < -0.3 is 4.74 Å². The largest absolute Gasteiger partial charge is 0.379 e. The van der Waals surface area contributed by atoms with Crippen molar-refractivity contribution < 1.29 is 4.74 Å². The maximum atomic E-state index is 5.61. The highest BCUT2D eigenvalue weighted by molar-refractivity contribution is 6.17. The molecule has 0 spiro atoms. The fraction of sp³-hybridized carbons (Fsp3) is 1.00. The molecule has 0 unspecified atom stereocenters. The van der Waals surface area contributed by atoms with Crippen molar-refractivity contribution in [1.82, 2.24) is 4.90 Å². The van der Waals surface area contributed by atoms with Crippen molar-refractivity contribution in [1.29, 1.82) is 0 Å². The summed E-state index contributed by atoms with van der Waals surface area (Å²) in [7, 11) is 0. The lowest BCUT2D eigenvalue weighted by Crippen LogP contribution is -2.44. The Morgan fingerprint density at radius 1 is 1.64 bits per heavy atom. The zero-order valence-corrected chi connectivity index (χ0v) is 7.81. The highest BCUT2D eigenvalue weighted by atomic mass is 35.5. The van der Waals surface area contributed by atoms with Gasteiger partial charge in [0.15, 0.2) is 0 Å². The van der Waals surface area contributed by atoms with Gasteiger partial charge in [-0.1, -0.05) is 0 Å². The van der Waals surface area contributed by atoms with Gasteiger partial charge in [0.25, 0.3) is 0 Å². The second-order valence-electron chi connectivity index (χ2n) is 3.00. The van der Waals surface area contributed by atoms with E-state index >= 15 is 0 Å². The number of halogens is 1. The SMILES string of the molecule is C[C@@H]1COCCN1CCCCl. The Bertz CT molecular complexity index is 110. The first-order chi connectivity index (χ1) is 5.34. The number of alkyl halides is 1. The lowest BCUT2D eigenvalue weighted by Gasteiger charge is -2.32. The van der Waals surface area contributed by atoms with Gasteiger partial charge in [-0.3, -0.25) is 4.90 Å². The van der Waals surface area contributed by atoms with Crippen LogP contribution in [0.4, 0.5) is 0 Å². The minimum absolute atomic E-state index is 0.576. The molecule has 11 heavy (non-hydrogen) atoms. The molecule has 3 heteroatoms. The van der Waals surface area contributed by atoms with E-state index in [0.717, 1.165) is 38.6 Å². The number of rotatable bonds is 3. The summed E-state index contributed by atoms with van der Waals surface area (Å²) in [5, 5.41) is 0. The molecular weight excluding hydrogens is 162 g/mol. The third-order valence-electron chi connectivity index (χ3n) is 2.08. The van der Waals surface area contributed by atoms with Crippen LogP contribution in [0, 0.1) is 0 Å². The molecule has 0 aliphatic carbocycles. The molecule has 1 saturated heterocycles. The maximum absolute atomic E-state index is 5.61. The number of hydrogen-bond acceptors (Lipinski definition) is 2. The summed E-state index contributed by atoms with van der Waals surface area (Å²) < 4.78 is 5.32. The Morgan fingerprint density at radius 2 is 2.45 bits per heavy atom. The molecule has 1 fully saturated rings. The molecule has 0 saturated carbocycles. The van der Waals surface area contributed by atoms with Gasteiger partial charge in [0.05, 0.1) is 13.2 Å². The van der Waals surface area contributed by atoms with E-state index in [4.69, 9.17) is 16.3 Å². The predicted octanol–water partition coefficient (Wildman–Crippen LogP) is 1.34. The summed E-state index contributed by atoms with van der Waals surface area (Å²) in [6.07, 6.45) is 1.09. The molecule has 1 atom stereocenters. The summed E-state index contributed by atoms with van der Waals surface area (Å²) in [4.78, 5) is 2.44. The first-order valence-electron chi connectivity index (χ1n) is 4.22. The van der Waals surface area contributed by atoms with E-state index in [0.29, 0.717) is 6.04 Å². The van der Waals surface area contributed by atoms with Crippen LogP contribution in [0.2, 0.25) is 0 Å². The molecule has 0 aromatic carbocycles. The van der Waals surface area contributed by atoms with Crippen LogP contribution in [0.5, 0.6) is 0 Å². The summed E-state index contributed by atoms with van der Waals surface area (Å²) in [6.45, 7) is 6.15. The zero-order valence-electron chi connectivity index (χ0n) is 7.05. The Morgan fingerprint density at radius 3 is 3.09 bits per heavy atom.